The number of rotatable bonds is 5. The van der Waals surface area contributed by atoms with E-state index in [0.29, 0.717) is 6.54 Å². The van der Waals surface area contributed by atoms with Crippen LogP contribution in [-0.2, 0) is 16.6 Å². The van der Waals surface area contributed by atoms with Gasteiger partial charge in [0, 0.05) is 12.6 Å². The van der Waals surface area contributed by atoms with Crippen LogP contribution in [-0.4, -0.2) is 24.5 Å². The second-order valence-corrected chi connectivity index (χ2v) is 6.10. The molecule has 1 saturated carbocycles. The van der Waals surface area contributed by atoms with E-state index in [-0.39, 0.29) is 6.04 Å². The van der Waals surface area contributed by atoms with Crippen molar-refractivity contribution in [1.82, 2.24) is 4.31 Å². The lowest BCUT2D eigenvalue weighted by Gasteiger charge is -2.20. The zero-order chi connectivity index (χ0) is 12.3. The minimum absolute atomic E-state index is 0.0913. The number of nitrogens with zero attached hydrogens (tertiary/aromatic N) is 2. The Morgan fingerprint density at radius 3 is 2.47 bits per heavy atom. The molecular weight excluding hydrogens is 236 g/mol. The van der Waals surface area contributed by atoms with Gasteiger partial charge in [0.05, 0.1) is 6.07 Å². The highest BCUT2D eigenvalue weighted by molar-refractivity contribution is 7.89. The maximum absolute atomic E-state index is 11.9. The van der Waals surface area contributed by atoms with E-state index in [2.05, 4.69) is 0 Å². The van der Waals surface area contributed by atoms with E-state index in [1.165, 1.54) is 4.31 Å². The Kier molecular flexibility index (Phi) is 3.46. The fourth-order valence-corrected chi connectivity index (χ4v) is 3.08. The molecule has 0 amide bonds. The van der Waals surface area contributed by atoms with Crippen molar-refractivity contribution in [3.05, 3.63) is 35.9 Å². The summed E-state index contributed by atoms with van der Waals surface area (Å²) >= 11 is 0. The van der Waals surface area contributed by atoms with E-state index in [1.54, 1.807) is 6.07 Å². The Morgan fingerprint density at radius 2 is 1.94 bits per heavy atom. The number of hydrogen-bond donors (Lipinski definition) is 0. The summed E-state index contributed by atoms with van der Waals surface area (Å²) in [7, 11) is -3.44. The van der Waals surface area contributed by atoms with Crippen molar-refractivity contribution in [3.8, 4) is 6.07 Å². The Morgan fingerprint density at radius 1 is 1.29 bits per heavy atom. The number of sulfonamides is 1. The molecule has 0 aliphatic heterocycles. The van der Waals surface area contributed by atoms with Crippen LogP contribution < -0.4 is 0 Å². The molecule has 0 bridgehead atoms. The van der Waals surface area contributed by atoms with Crippen molar-refractivity contribution in [1.29, 1.82) is 5.26 Å². The van der Waals surface area contributed by atoms with Crippen LogP contribution in [0.4, 0.5) is 0 Å². The number of benzene rings is 1. The summed E-state index contributed by atoms with van der Waals surface area (Å²) in [5.74, 6) is -0.434. The van der Waals surface area contributed by atoms with Crippen molar-refractivity contribution >= 4 is 10.0 Å². The van der Waals surface area contributed by atoms with Crippen molar-refractivity contribution < 1.29 is 8.42 Å². The van der Waals surface area contributed by atoms with Crippen molar-refractivity contribution in [2.75, 3.05) is 5.75 Å². The molecule has 0 radical (unpaired) electrons. The Balaban J connectivity index is 2.17. The summed E-state index contributed by atoms with van der Waals surface area (Å²) in [6.45, 7) is 0.371. The molecule has 2 rings (SSSR count). The third kappa shape index (κ3) is 3.05. The van der Waals surface area contributed by atoms with E-state index >= 15 is 0 Å². The van der Waals surface area contributed by atoms with Gasteiger partial charge in [-0.25, -0.2) is 8.42 Å². The highest BCUT2D eigenvalue weighted by Crippen LogP contribution is 2.30. The summed E-state index contributed by atoms with van der Waals surface area (Å²) in [6, 6.07) is 11.3. The normalized spacial score (nSPS) is 15.8. The summed E-state index contributed by atoms with van der Waals surface area (Å²) in [6.07, 6.45) is 1.80. The van der Waals surface area contributed by atoms with E-state index in [0.717, 1.165) is 18.4 Å². The van der Waals surface area contributed by atoms with Crippen molar-refractivity contribution in [3.63, 3.8) is 0 Å². The smallest absolute Gasteiger partial charge is 0.211 e. The topological polar surface area (TPSA) is 61.2 Å². The Hall–Kier alpha value is -1.38. The van der Waals surface area contributed by atoms with Gasteiger partial charge in [-0.1, -0.05) is 30.3 Å². The van der Waals surface area contributed by atoms with Crippen LogP contribution in [0.25, 0.3) is 0 Å². The monoisotopic (exact) mass is 250 g/mol. The van der Waals surface area contributed by atoms with Gasteiger partial charge in [0.15, 0.2) is 5.75 Å². The molecule has 1 aromatic rings. The van der Waals surface area contributed by atoms with E-state index in [4.69, 9.17) is 5.26 Å². The molecule has 0 heterocycles. The van der Waals surface area contributed by atoms with Crippen molar-refractivity contribution in [2.45, 2.75) is 25.4 Å². The second-order valence-electron chi connectivity index (χ2n) is 4.18. The van der Waals surface area contributed by atoms with Crippen LogP contribution in [0.2, 0.25) is 0 Å². The predicted molar refractivity (Wildman–Crippen MR) is 64.4 cm³/mol. The highest BCUT2D eigenvalue weighted by atomic mass is 32.2. The van der Waals surface area contributed by atoms with Gasteiger partial charge in [0.2, 0.25) is 10.0 Å². The van der Waals surface area contributed by atoms with Crippen LogP contribution in [0.15, 0.2) is 30.3 Å². The third-order valence-electron chi connectivity index (χ3n) is 2.74. The van der Waals surface area contributed by atoms with Crippen LogP contribution in [0.5, 0.6) is 0 Å². The maximum atomic E-state index is 11.9. The van der Waals surface area contributed by atoms with Crippen molar-refractivity contribution in [2.24, 2.45) is 0 Å². The molecule has 0 saturated heterocycles. The molecule has 0 N–H and O–H groups in total. The first-order chi connectivity index (χ1) is 8.13. The average Bonchev–Trinajstić information content (AvgIpc) is 3.11. The zero-order valence-electron chi connectivity index (χ0n) is 9.41. The van der Waals surface area contributed by atoms with Gasteiger partial charge < -0.3 is 0 Å². The van der Waals surface area contributed by atoms with Crippen LogP contribution in [0.3, 0.4) is 0 Å². The van der Waals surface area contributed by atoms with E-state index < -0.39 is 15.8 Å². The van der Waals surface area contributed by atoms with Gasteiger partial charge >= 0.3 is 0 Å². The standard InChI is InChI=1S/C12H14N2O2S/c13-8-9-17(15,16)14(12-6-7-12)10-11-4-2-1-3-5-11/h1-5,12H,6-7,9-10H2. The van der Waals surface area contributed by atoms with Crippen LogP contribution in [0.1, 0.15) is 18.4 Å². The predicted octanol–water partition coefficient (Wildman–Crippen LogP) is 1.50. The molecule has 1 aliphatic carbocycles. The van der Waals surface area contributed by atoms with Crippen LogP contribution in [0, 0.1) is 11.3 Å². The fraction of sp³-hybridized carbons (Fsp3) is 0.417. The van der Waals surface area contributed by atoms with Crippen LogP contribution >= 0.6 is 0 Å². The molecule has 0 unspecified atom stereocenters. The lowest BCUT2D eigenvalue weighted by molar-refractivity contribution is 0.401. The van der Waals surface area contributed by atoms with Gasteiger partial charge in [-0.05, 0) is 18.4 Å². The largest absolute Gasteiger partial charge is 0.228 e. The third-order valence-corrected chi connectivity index (χ3v) is 4.38. The van der Waals surface area contributed by atoms with Gasteiger partial charge in [-0.15, -0.1) is 0 Å². The zero-order valence-corrected chi connectivity index (χ0v) is 10.2. The quantitative estimate of drug-likeness (QED) is 0.795. The first kappa shape index (κ1) is 12.1. The molecular formula is C12H14N2O2S. The van der Waals surface area contributed by atoms with Gasteiger partial charge in [-0.2, -0.15) is 9.57 Å². The number of hydrogen-bond acceptors (Lipinski definition) is 3. The van der Waals surface area contributed by atoms with E-state index in [1.807, 2.05) is 30.3 Å². The summed E-state index contributed by atoms with van der Waals surface area (Å²) in [4.78, 5) is 0. The maximum Gasteiger partial charge on any atom is 0.228 e. The summed E-state index contributed by atoms with van der Waals surface area (Å²) in [5.41, 5.74) is 0.959. The first-order valence-corrected chi connectivity index (χ1v) is 7.15. The SMILES string of the molecule is N#CCS(=O)(=O)N(Cc1ccccc1)C1CC1. The second kappa shape index (κ2) is 4.86. The van der Waals surface area contributed by atoms with Gasteiger partial charge in [0.25, 0.3) is 0 Å². The van der Waals surface area contributed by atoms with E-state index in [9.17, 15) is 8.42 Å². The number of nitriles is 1. The first-order valence-electron chi connectivity index (χ1n) is 5.54. The molecule has 1 aliphatic rings. The summed E-state index contributed by atoms with van der Waals surface area (Å²) in [5, 5.41) is 8.56. The molecule has 1 fully saturated rings. The minimum Gasteiger partial charge on any atom is -0.211 e. The Bertz CT molecular complexity index is 515. The lowest BCUT2D eigenvalue weighted by Crippen LogP contribution is -2.34. The molecule has 17 heavy (non-hydrogen) atoms. The average molecular weight is 250 g/mol. The fourth-order valence-electron chi connectivity index (χ4n) is 1.74. The summed E-state index contributed by atoms with van der Waals surface area (Å²) < 4.78 is 25.3. The molecule has 5 heteroatoms. The molecule has 0 atom stereocenters. The molecule has 1 aromatic carbocycles. The molecule has 90 valence electrons. The highest BCUT2D eigenvalue weighted by Gasteiger charge is 2.36. The Labute approximate surface area is 102 Å². The molecule has 0 aromatic heterocycles. The lowest BCUT2D eigenvalue weighted by atomic mass is 10.2. The molecule has 4 nitrogen and oxygen atoms in total. The van der Waals surface area contributed by atoms with Gasteiger partial charge in [-0.3, -0.25) is 0 Å². The molecule has 0 spiro atoms. The van der Waals surface area contributed by atoms with Gasteiger partial charge in [0.1, 0.15) is 0 Å². The minimum atomic E-state index is -3.44.